The number of ketones is 1. The molecule has 4 rings (SSSR count). The predicted octanol–water partition coefficient (Wildman–Crippen LogP) is 4.09. The first-order valence-electron chi connectivity index (χ1n) is 8.47. The Labute approximate surface area is 154 Å². The van der Waals surface area contributed by atoms with Crippen LogP contribution in [0.5, 0.6) is 0 Å². The lowest BCUT2D eigenvalue weighted by atomic mass is 10.0. The first-order valence-corrected chi connectivity index (χ1v) is 8.47. The number of fused-ring (bicyclic) bond motifs is 1. The summed E-state index contributed by atoms with van der Waals surface area (Å²) in [4.78, 5) is 25.4. The first-order chi connectivity index (χ1) is 13.1. The number of nitrogens with zero attached hydrogens (tertiary/aromatic N) is 2. The molecule has 4 aromatic rings. The number of benzene rings is 3. The van der Waals surface area contributed by atoms with Gasteiger partial charge in [-0.15, -0.1) is 0 Å². The van der Waals surface area contributed by atoms with Gasteiger partial charge in [0, 0.05) is 16.5 Å². The molecule has 0 aliphatic heterocycles. The van der Waals surface area contributed by atoms with Gasteiger partial charge in [0.2, 0.25) is 0 Å². The van der Waals surface area contributed by atoms with Gasteiger partial charge >= 0.3 is 0 Å². The Hall–Kier alpha value is -3.60. The number of aromatic nitrogens is 2. The minimum Gasteiger partial charge on any atom is -0.292 e. The summed E-state index contributed by atoms with van der Waals surface area (Å²) in [6, 6.07) is 21.8. The Bertz CT molecular complexity index is 1180. The number of hydrogen-bond acceptors (Lipinski definition) is 3. The van der Waals surface area contributed by atoms with Gasteiger partial charge in [-0.05, 0) is 30.3 Å². The third kappa shape index (κ3) is 3.27. The second-order valence-corrected chi connectivity index (χ2v) is 6.15. The van der Waals surface area contributed by atoms with Crippen molar-refractivity contribution in [3.05, 3.63) is 101 Å². The molecule has 0 unspecified atom stereocenters. The van der Waals surface area contributed by atoms with Gasteiger partial charge in [-0.3, -0.25) is 9.59 Å². The molecule has 132 valence electrons. The number of halogens is 1. The van der Waals surface area contributed by atoms with Crippen LogP contribution in [-0.2, 0) is 6.54 Å². The predicted molar refractivity (Wildman–Crippen MR) is 102 cm³/mol. The number of Topliss-reactive ketones (excluding diaryl/α,β-unsaturated/α-hetero) is 1. The minimum absolute atomic E-state index is 0.165. The molecule has 0 N–H and O–H groups in total. The molecule has 0 atom stereocenters. The van der Waals surface area contributed by atoms with E-state index in [0.29, 0.717) is 27.6 Å². The van der Waals surface area contributed by atoms with Crippen molar-refractivity contribution in [2.24, 2.45) is 0 Å². The van der Waals surface area contributed by atoms with E-state index in [1.807, 2.05) is 12.1 Å². The highest BCUT2D eigenvalue weighted by Crippen LogP contribution is 2.24. The fourth-order valence-corrected chi connectivity index (χ4v) is 3.01. The van der Waals surface area contributed by atoms with E-state index < -0.39 is 0 Å². The van der Waals surface area contributed by atoms with E-state index >= 15 is 0 Å². The largest absolute Gasteiger partial charge is 0.292 e. The van der Waals surface area contributed by atoms with Crippen LogP contribution >= 0.6 is 0 Å². The third-order valence-corrected chi connectivity index (χ3v) is 4.37. The van der Waals surface area contributed by atoms with Crippen molar-refractivity contribution < 1.29 is 9.18 Å². The van der Waals surface area contributed by atoms with E-state index in [2.05, 4.69) is 5.10 Å². The van der Waals surface area contributed by atoms with Gasteiger partial charge < -0.3 is 0 Å². The Morgan fingerprint density at radius 2 is 1.48 bits per heavy atom. The van der Waals surface area contributed by atoms with E-state index in [1.54, 1.807) is 54.6 Å². The maximum Gasteiger partial charge on any atom is 0.275 e. The molecule has 1 aromatic heterocycles. The monoisotopic (exact) mass is 358 g/mol. The lowest BCUT2D eigenvalue weighted by Crippen LogP contribution is -2.27. The molecule has 4 nitrogen and oxygen atoms in total. The highest BCUT2D eigenvalue weighted by molar-refractivity contribution is 5.97. The number of carbonyl (C=O) groups is 1. The molecule has 5 heteroatoms. The van der Waals surface area contributed by atoms with Gasteiger partial charge in [0.05, 0.1) is 11.1 Å². The van der Waals surface area contributed by atoms with Crippen LogP contribution in [0.4, 0.5) is 4.39 Å². The third-order valence-electron chi connectivity index (χ3n) is 4.37. The highest BCUT2D eigenvalue weighted by atomic mass is 19.1. The van der Waals surface area contributed by atoms with Crippen molar-refractivity contribution in [1.29, 1.82) is 0 Å². The molecule has 0 fully saturated rings. The van der Waals surface area contributed by atoms with Crippen molar-refractivity contribution in [3.63, 3.8) is 0 Å². The fourth-order valence-electron chi connectivity index (χ4n) is 3.01. The average molecular weight is 358 g/mol. The number of rotatable bonds is 4. The molecule has 0 saturated carbocycles. The molecular weight excluding hydrogens is 343 g/mol. The summed E-state index contributed by atoms with van der Waals surface area (Å²) in [5, 5.41) is 5.56. The topological polar surface area (TPSA) is 52.0 Å². The van der Waals surface area contributed by atoms with Crippen LogP contribution in [-0.4, -0.2) is 15.6 Å². The molecule has 0 amide bonds. The second-order valence-electron chi connectivity index (χ2n) is 6.15. The van der Waals surface area contributed by atoms with Crippen molar-refractivity contribution in [3.8, 4) is 11.3 Å². The fraction of sp³-hybridized carbons (Fsp3) is 0.0455. The summed E-state index contributed by atoms with van der Waals surface area (Å²) in [6.07, 6.45) is 0. The summed E-state index contributed by atoms with van der Waals surface area (Å²) >= 11 is 0. The van der Waals surface area contributed by atoms with E-state index in [1.165, 1.54) is 16.8 Å². The molecular formula is C22H15FN2O2. The zero-order valence-corrected chi connectivity index (χ0v) is 14.3. The Balaban J connectivity index is 1.86. The van der Waals surface area contributed by atoms with E-state index in [4.69, 9.17) is 0 Å². The standard InChI is InChI=1S/C22H15FN2O2/c23-17-12-10-16(11-13-17)21-18-8-4-5-9-19(18)22(27)25(24-21)14-20(26)15-6-2-1-3-7-15/h1-13H,14H2. The molecule has 0 bridgehead atoms. The average Bonchev–Trinajstić information content (AvgIpc) is 2.71. The van der Waals surface area contributed by atoms with Crippen LogP contribution in [0.3, 0.4) is 0 Å². The van der Waals surface area contributed by atoms with Gasteiger partial charge in [0.1, 0.15) is 12.4 Å². The lowest BCUT2D eigenvalue weighted by Gasteiger charge is -2.11. The van der Waals surface area contributed by atoms with Gasteiger partial charge in [-0.25, -0.2) is 9.07 Å². The first kappa shape index (κ1) is 16.8. The molecule has 0 spiro atoms. The summed E-state index contributed by atoms with van der Waals surface area (Å²) in [5.41, 5.74) is 1.39. The van der Waals surface area contributed by atoms with Gasteiger partial charge in [-0.2, -0.15) is 5.10 Å². The minimum atomic E-state index is -0.351. The Kier molecular flexibility index (Phi) is 4.34. The molecule has 3 aromatic carbocycles. The van der Waals surface area contributed by atoms with Crippen LogP contribution in [0.1, 0.15) is 10.4 Å². The Morgan fingerprint density at radius 1 is 0.852 bits per heavy atom. The second kappa shape index (κ2) is 6.96. The van der Waals surface area contributed by atoms with Crippen LogP contribution < -0.4 is 5.56 Å². The van der Waals surface area contributed by atoms with Crippen LogP contribution in [0.15, 0.2) is 83.7 Å². The van der Waals surface area contributed by atoms with Crippen LogP contribution in [0.2, 0.25) is 0 Å². The zero-order chi connectivity index (χ0) is 18.8. The zero-order valence-electron chi connectivity index (χ0n) is 14.3. The summed E-state index contributed by atoms with van der Waals surface area (Å²) in [6.45, 7) is -0.165. The highest BCUT2D eigenvalue weighted by Gasteiger charge is 2.15. The quantitative estimate of drug-likeness (QED) is 0.517. The van der Waals surface area contributed by atoms with E-state index in [0.717, 1.165) is 0 Å². The van der Waals surface area contributed by atoms with E-state index in [-0.39, 0.29) is 23.7 Å². The van der Waals surface area contributed by atoms with Crippen molar-refractivity contribution in [1.82, 2.24) is 9.78 Å². The SMILES string of the molecule is O=C(Cn1nc(-c2ccc(F)cc2)c2ccccc2c1=O)c1ccccc1. The van der Waals surface area contributed by atoms with Crippen molar-refractivity contribution >= 4 is 16.6 Å². The van der Waals surface area contributed by atoms with Crippen LogP contribution in [0, 0.1) is 5.82 Å². The van der Waals surface area contributed by atoms with Gasteiger partial charge in [-0.1, -0.05) is 48.5 Å². The summed E-state index contributed by atoms with van der Waals surface area (Å²) < 4.78 is 14.5. The van der Waals surface area contributed by atoms with Gasteiger partial charge in [0.25, 0.3) is 5.56 Å². The summed E-state index contributed by atoms with van der Waals surface area (Å²) in [7, 11) is 0. The smallest absolute Gasteiger partial charge is 0.275 e. The normalized spacial score (nSPS) is 10.9. The van der Waals surface area contributed by atoms with Crippen molar-refractivity contribution in [2.75, 3.05) is 0 Å². The number of hydrogen-bond donors (Lipinski definition) is 0. The molecule has 0 saturated heterocycles. The van der Waals surface area contributed by atoms with Crippen molar-refractivity contribution in [2.45, 2.75) is 6.54 Å². The lowest BCUT2D eigenvalue weighted by molar-refractivity contribution is 0.0966. The van der Waals surface area contributed by atoms with E-state index in [9.17, 15) is 14.0 Å². The molecule has 1 heterocycles. The maximum atomic E-state index is 13.3. The molecule has 0 radical (unpaired) electrons. The number of carbonyl (C=O) groups excluding carboxylic acids is 1. The van der Waals surface area contributed by atoms with Gasteiger partial charge in [0.15, 0.2) is 5.78 Å². The van der Waals surface area contributed by atoms with Crippen LogP contribution in [0.25, 0.3) is 22.0 Å². The Morgan fingerprint density at radius 3 is 2.19 bits per heavy atom. The molecule has 27 heavy (non-hydrogen) atoms. The molecule has 0 aliphatic rings. The molecule has 0 aliphatic carbocycles. The summed E-state index contributed by atoms with van der Waals surface area (Å²) in [5.74, 6) is -0.554. The maximum absolute atomic E-state index is 13.3.